The molecule has 0 aliphatic heterocycles. The van der Waals surface area contributed by atoms with Crippen LogP contribution in [-0.2, 0) is 0 Å². The van der Waals surface area contributed by atoms with E-state index in [0.717, 1.165) is 46.9 Å². The van der Waals surface area contributed by atoms with Crippen molar-refractivity contribution in [2.75, 3.05) is 32.7 Å². The maximum Gasteiger partial charge on any atom is 0.0127 e. The Kier molecular flexibility index (Phi) is 7.44. The van der Waals surface area contributed by atoms with Crippen LogP contribution in [0.1, 0.15) is 23.5 Å². The molecule has 1 aliphatic rings. The van der Waals surface area contributed by atoms with Crippen LogP contribution >= 0.6 is 0 Å². The third-order valence-electron chi connectivity index (χ3n) is 7.96. The topological polar surface area (TPSA) is 55.3 Å². The van der Waals surface area contributed by atoms with E-state index >= 15 is 0 Å². The Morgan fingerprint density at radius 1 is 0.658 bits per heavy atom. The van der Waals surface area contributed by atoms with Crippen molar-refractivity contribution in [3.05, 3.63) is 106 Å². The summed E-state index contributed by atoms with van der Waals surface area (Å²) in [4.78, 5) is 2.38. The SMILES string of the molecule is C=C/C=c1/c2c(/c(=C/C=C)c(=C)c1=C)C(CCN(CCN)CCN)c1c-2c2ccccc2c2ccccc12. The predicted molar refractivity (Wildman–Crippen MR) is 167 cm³/mol. The molecule has 0 saturated heterocycles. The van der Waals surface area contributed by atoms with Crippen molar-refractivity contribution in [3.63, 3.8) is 0 Å². The van der Waals surface area contributed by atoms with Crippen LogP contribution in [0.4, 0.5) is 0 Å². The van der Waals surface area contributed by atoms with Gasteiger partial charge in [-0.1, -0.05) is 99.2 Å². The average Bonchev–Trinajstić information content (AvgIpc) is 3.27. The van der Waals surface area contributed by atoms with Crippen molar-refractivity contribution in [3.8, 4) is 11.1 Å². The fourth-order valence-corrected chi connectivity index (χ4v) is 6.40. The van der Waals surface area contributed by atoms with E-state index in [1.54, 1.807) is 0 Å². The molecule has 3 heteroatoms. The second kappa shape index (κ2) is 10.9. The highest BCUT2D eigenvalue weighted by atomic mass is 15.1. The van der Waals surface area contributed by atoms with E-state index in [0.29, 0.717) is 13.1 Å². The highest BCUT2D eigenvalue weighted by Gasteiger charge is 2.34. The standard InChI is InChI=1S/C35H37N3/c1-5-11-25-23(3)24(4)26(12-6-2)34-32(25)31(17-20-38(21-18-36)22-19-37)33-29-15-9-7-13-27(29)28-14-8-10-16-30(28)35(33)34/h5-16,31H,1-4,17-22,36-37H2/b25-11+,26-12+. The molecule has 0 radical (unpaired) electrons. The largest absolute Gasteiger partial charge is 0.329 e. The van der Waals surface area contributed by atoms with Crippen LogP contribution in [0.15, 0.2) is 73.8 Å². The molecule has 4 N–H and O–H groups in total. The van der Waals surface area contributed by atoms with Gasteiger partial charge in [0.1, 0.15) is 0 Å². The third-order valence-corrected chi connectivity index (χ3v) is 7.96. The number of allylic oxidation sites excluding steroid dienone is 2. The molecule has 0 spiro atoms. The van der Waals surface area contributed by atoms with Crippen LogP contribution in [-0.4, -0.2) is 37.6 Å². The van der Waals surface area contributed by atoms with Gasteiger partial charge >= 0.3 is 0 Å². The molecule has 0 bridgehead atoms. The van der Waals surface area contributed by atoms with Crippen LogP contribution in [0.3, 0.4) is 0 Å². The molecular weight excluding hydrogens is 462 g/mol. The summed E-state index contributed by atoms with van der Waals surface area (Å²) in [5.41, 5.74) is 17.2. The molecule has 1 unspecified atom stereocenters. The molecule has 4 aromatic carbocycles. The Morgan fingerprint density at radius 3 is 1.79 bits per heavy atom. The van der Waals surface area contributed by atoms with E-state index in [4.69, 9.17) is 11.5 Å². The maximum atomic E-state index is 5.96. The highest BCUT2D eigenvalue weighted by molar-refractivity contribution is 6.17. The first-order chi connectivity index (χ1) is 18.6. The van der Waals surface area contributed by atoms with Gasteiger partial charge in [0.05, 0.1) is 0 Å². The quantitative estimate of drug-likeness (QED) is 0.347. The average molecular weight is 500 g/mol. The van der Waals surface area contributed by atoms with Gasteiger partial charge in [-0.05, 0) is 77.6 Å². The molecule has 0 saturated carbocycles. The Labute approximate surface area is 225 Å². The minimum Gasteiger partial charge on any atom is -0.329 e. The van der Waals surface area contributed by atoms with Crippen LogP contribution in [0.25, 0.3) is 58.0 Å². The second-order valence-electron chi connectivity index (χ2n) is 10.0. The highest BCUT2D eigenvalue weighted by Crippen LogP contribution is 2.50. The van der Waals surface area contributed by atoms with Gasteiger partial charge in [0.15, 0.2) is 0 Å². The molecule has 0 amide bonds. The first-order valence-electron chi connectivity index (χ1n) is 13.4. The van der Waals surface area contributed by atoms with Crippen LogP contribution in [0.5, 0.6) is 0 Å². The van der Waals surface area contributed by atoms with Gasteiger partial charge in [-0.15, -0.1) is 0 Å². The van der Waals surface area contributed by atoms with Gasteiger partial charge in [0, 0.05) is 32.1 Å². The molecule has 38 heavy (non-hydrogen) atoms. The van der Waals surface area contributed by atoms with Crippen molar-refractivity contribution in [1.29, 1.82) is 0 Å². The van der Waals surface area contributed by atoms with E-state index in [-0.39, 0.29) is 5.92 Å². The smallest absolute Gasteiger partial charge is 0.0127 e. The zero-order valence-corrected chi connectivity index (χ0v) is 22.2. The summed E-state index contributed by atoms with van der Waals surface area (Å²) in [5, 5.41) is 9.24. The van der Waals surface area contributed by atoms with Crippen molar-refractivity contribution in [1.82, 2.24) is 4.90 Å². The number of nitrogens with zero attached hydrogens (tertiary/aromatic N) is 1. The van der Waals surface area contributed by atoms with Crippen LogP contribution in [0.2, 0.25) is 0 Å². The summed E-state index contributed by atoms with van der Waals surface area (Å²) in [6.07, 6.45) is 8.88. The number of nitrogens with two attached hydrogens (primary N) is 2. The van der Waals surface area contributed by atoms with Crippen molar-refractivity contribution in [2.24, 2.45) is 11.5 Å². The number of hydrogen-bond donors (Lipinski definition) is 2. The lowest BCUT2D eigenvalue weighted by Gasteiger charge is -2.24. The molecule has 4 aromatic rings. The number of fused-ring (bicyclic) bond motifs is 8. The summed E-state index contributed by atoms with van der Waals surface area (Å²) >= 11 is 0. The number of hydrogen-bond acceptors (Lipinski definition) is 3. The van der Waals surface area contributed by atoms with Gasteiger partial charge in [-0.3, -0.25) is 0 Å². The fraction of sp³-hybridized carbons (Fsp3) is 0.200. The molecule has 1 aliphatic carbocycles. The Morgan fingerprint density at radius 2 is 1.18 bits per heavy atom. The lowest BCUT2D eigenvalue weighted by molar-refractivity contribution is 0.281. The van der Waals surface area contributed by atoms with E-state index in [2.05, 4.69) is 91.9 Å². The van der Waals surface area contributed by atoms with E-state index in [1.165, 1.54) is 43.8 Å². The molecule has 0 aromatic heterocycles. The zero-order valence-electron chi connectivity index (χ0n) is 22.2. The summed E-state index contributed by atoms with van der Waals surface area (Å²) in [6.45, 7) is 20.9. The molecule has 192 valence electrons. The predicted octanol–water partition coefficient (Wildman–Crippen LogP) is 3.47. The lowest BCUT2D eigenvalue weighted by atomic mass is 9.86. The molecule has 0 heterocycles. The molecule has 0 fully saturated rings. The van der Waals surface area contributed by atoms with Crippen LogP contribution < -0.4 is 32.3 Å². The second-order valence-corrected chi connectivity index (χ2v) is 10.0. The molecule has 3 nitrogen and oxygen atoms in total. The Balaban J connectivity index is 1.96. The molecule has 1 atom stereocenters. The summed E-state index contributed by atoms with van der Waals surface area (Å²) < 4.78 is 0. The maximum absolute atomic E-state index is 5.96. The van der Waals surface area contributed by atoms with Gasteiger partial charge in [-0.25, -0.2) is 0 Å². The van der Waals surface area contributed by atoms with Gasteiger partial charge in [-0.2, -0.15) is 0 Å². The summed E-state index contributed by atoms with van der Waals surface area (Å²) in [5.74, 6) is 0.178. The number of benzene rings is 4. The van der Waals surface area contributed by atoms with Crippen molar-refractivity contribution in [2.45, 2.75) is 12.3 Å². The normalized spacial score (nSPS) is 15.4. The third kappa shape index (κ3) is 4.13. The summed E-state index contributed by atoms with van der Waals surface area (Å²) in [7, 11) is 0. The molecule has 5 rings (SSSR count). The number of rotatable bonds is 9. The monoisotopic (exact) mass is 499 g/mol. The Hall–Kier alpha value is -3.76. The first kappa shape index (κ1) is 25.9. The first-order valence-corrected chi connectivity index (χ1v) is 13.4. The van der Waals surface area contributed by atoms with E-state index in [1.807, 2.05) is 12.2 Å². The van der Waals surface area contributed by atoms with Crippen LogP contribution in [0, 0.1) is 0 Å². The lowest BCUT2D eigenvalue weighted by Crippen LogP contribution is -2.49. The van der Waals surface area contributed by atoms with Gasteiger partial charge < -0.3 is 16.4 Å². The fourth-order valence-electron chi connectivity index (χ4n) is 6.40. The van der Waals surface area contributed by atoms with E-state index < -0.39 is 0 Å². The molecular formula is C35H37N3. The van der Waals surface area contributed by atoms with Gasteiger partial charge in [0.25, 0.3) is 0 Å². The van der Waals surface area contributed by atoms with Crippen molar-refractivity contribution >= 4 is 46.9 Å². The van der Waals surface area contributed by atoms with Gasteiger partial charge in [0.2, 0.25) is 0 Å². The van der Waals surface area contributed by atoms with Crippen molar-refractivity contribution < 1.29 is 0 Å². The zero-order chi connectivity index (χ0) is 26.8. The minimum atomic E-state index is 0.178. The summed E-state index contributed by atoms with van der Waals surface area (Å²) in [6, 6.07) is 17.6. The van der Waals surface area contributed by atoms with E-state index in [9.17, 15) is 0 Å². The Bertz CT molecular complexity index is 1780. The minimum absolute atomic E-state index is 0.178.